The molecule has 0 bridgehead atoms. The molecule has 0 atom stereocenters. The molecule has 156 valence electrons. The molecule has 1 aromatic heterocycles. The van der Waals surface area contributed by atoms with Gasteiger partial charge in [0.25, 0.3) is 5.91 Å². The van der Waals surface area contributed by atoms with Crippen LogP contribution < -0.4 is 14.8 Å². The quantitative estimate of drug-likeness (QED) is 0.330. The van der Waals surface area contributed by atoms with Crippen LogP contribution in [0.15, 0.2) is 40.4 Å². The lowest BCUT2D eigenvalue weighted by Gasteiger charge is -2.11. The maximum atomic E-state index is 12.7. The smallest absolute Gasteiger partial charge is 0.373 e. The van der Waals surface area contributed by atoms with Gasteiger partial charge in [-0.25, -0.2) is 9.59 Å². The van der Waals surface area contributed by atoms with Crippen molar-refractivity contribution in [3.05, 3.63) is 53.1 Å². The number of carbonyl (C=O) groups excluding carboxylic acids is 4. The largest absolute Gasteiger partial charge is 0.493 e. The molecule has 0 unspecified atom stereocenters. The number of nitrogens with zero attached hydrogens (tertiary/aromatic N) is 1. The molecule has 1 fully saturated rings. The maximum absolute atomic E-state index is 12.7. The molecule has 0 spiro atoms. The molecule has 0 radical (unpaired) electrons. The van der Waals surface area contributed by atoms with E-state index < -0.39 is 23.9 Å². The van der Waals surface area contributed by atoms with Gasteiger partial charge in [0.1, 0.15) is 11.5 Å². The summed E-state index contributed by atoms with van der Waals surface area (Å²) in [4.78, 5) is 48.8. The summed E-state index contributed by atoms with van der Waals surface area (Å²) in [5.74, 6) is -1.27. The summed E-state index contributed by atoms with van der Waals surface area (Å²) in [5, 5.41) is 2.47. The monoisotopic (exact) mass is 414 g/mol. The minimum Gasteiger partial charge on any atom is -0.493 e. The Balaban J connectivity index is 1.86. The van der Waals surface area contributed by atoms with Gasteiger partial charge in [-0.1, -0.05) is 12.1 Å². The second-order valence-corrected chi connectivity index (χ2v) is 6.11. The number of hydrogen-bond acceptors (Lipinski definition) is 8. The third kappa shape index (κ3) is 4.17. The third-order valence-corrected chi connectivity index (χ3v) is 4.10. The zero-order valence-corrected chi connectivity index (χ0v) is 16.4. The molecule has 2 aromatic rings. The predicted molar refractivity (Wildman–Crippen MR) is 101 cm³/mol. The van der Waals surface area contributed by atoms with Gasteiger partial charge < -0.3 is 23.9 Å². The van der Waals surface area contributed by atoms with Gasteiger partial charge in [-0.15, -0.1) is 0 Å². The fourth-order valence-corrected chi connectivity index (χ4v) is 2.76. The van der Waals surface area contributed by atoms with E-state index in [2.05, 4.69) is 10.1 Å². The number of amides is 3. The van der Waals surface area contributed by atoms with E-state index in [4.69, 9.17) is 13.9 Å². The van der Waals surface area contributed by atoms with Gasteiger partial charge in [-0.05, 0) is 24.3 Å². The topological polar surface area (TPSA) is 124 Å². The highest BCUT2D eigenvalue weighted by molar-refractivity contribution is 6.14. The molecule has 1 aliphatic heterocycles. The number of furan rings is 1. The van der Waals surface area contributed by atoms with E-state index in [0.717, 1.165) is 4.90 Å². The molecular weight excluding hydrogens is 396 g/mol. The van der Waals surface area contributed by atoms with Gasteiger partial charge in [0, 0.05) is 12.5 Å². The Morgan fingerprint density at radius 3 is 2.60 bits per heavy atom. The number of imide groups is 1. The molecule has 0 aliphatic carbocycles. The Labute approximate surface area is 171 Å². The SMILES string of the molecule is COC(=O)c1ccc(CN2C(=O)N/C(=C/c3cccc(OC)c3OC(C)=O)C2=O)o1. The summed E-state index contributed by atoms with van der Waals surface area (Å²) in [6.45, 7) is 1.05. The fraction of sp³-hybridized carbons (Fsp3) is 0.200. The first-order chi connectivity index (χ1) is 14.3. The second-order valence-electron chi connectivity index (χ2n) is 6.11. The predicted octanol–water partition coefficient (Wildman–Crippen LogP) is 2.09. The number of hydrogen-bond donors (Lipinski definition) is 1. The zero-order valence-electron chi connectivity index (χ0n) is 16.4. The Morgan fingerprint density at radius 1 is 1.17 bits per heavy atom. The highest BCUT2D eigenvalue weighted by Gasteiger charge is 2.34. The van der Waals surface area contributed by atoms with Crippen molar-refractivity contribution in [2.45, 2.75) is 13.5 Å². The first kappa shape index (κ1) is 20.6. The number of rotatable bonds is 6. The number of carbonyl (C=O) groups is 4. The summed E-state index contributed by atoms with van der Waals surface area (Å²) in [6, 6.07) is 7.03. The van der Waals surface area contributed by atoms with Crippen LogP contribution in [0.5, 0.6) is 11.5 Å². The third-order valence-electron chi connectivity index (χ3n) is 4.10. The normalized spacial score (nSPS) is 14.6. The number of para-hydroxylation sites is 1. The maximum Gasteiger partial charge on any atom is 0.373 e. The molecule has 3 rings (SSSR count). The number of nitrogens with one attached hydrogen (secondary N) is 1. The Morgan fingerprint density at radius 2 is 1.93 bits per heavy atom. The van der Waals surface area contributed by atoms with Crippen LogP contribution in [0.4, 0.5) is 4.79 Å². The standard InChI is InChI=1S/C20H18N2O8/c1-11(23)29-17-12(5-4-6-15(17)27-2)9-14-18(24)22(20(26)21-14)10-13-7-8-16(30-13)19(25)28-3/h4-9H,10H2,1-3H3,(H,21,26)/b14-9+. The van der Waals surface area contributed by atoms with Crippen LogP contribution >= 0.6 is 0 Å². The zero-order chi connectivity index (χ0) is 21.8. The lowest BCUT2D eigenvalue weighted by molar-refractivity contribution is -0.132. The Hall–Kier alpha value is -4.08. The van der Waals surface area contributed by atoms with E-state index in [1.807, 2.05) is 0 Å². The van der Waals surface area contributed by atoms with Crippen molar-refractivity contribution in [1.29, 1.82) is 0 Å². The van der Waals surface area contributed by atoms with E-state index in [1.165, 1.54) is 39.4 Å². The van der Waals surface area contributed by atoms with Crippen molar-refractivity contribution in [1.82, 2.24) is 10.2 Å². The summed E-state index contributed by atoms with van der Waals surface area (Å²) < 4.78 is 20.2. The minimum absolute atomic E-state index is 0.0265. The van der Waals surface area contributed by atoms with Gasteiger partial charge in [0.15, 0.2) is 11.5 Å². The van der Waals surface area contributed by atoms with Crippen LogP contribution in [0, 0.1) is 0 Å². The molecule has 0 saturated carbocycles. The first-order valence-corrected chi connectivity index (χ1v) is 8.71. The van der Waals surface area contributed by atoms with E-state index in [9.17, 15) is 19.2 Å². The number of benzene rings is 1. The van der Waals surface area contributed by atoms with Crippen molar-refractivity contribution >= 4 is 30.0 Å². The van der Waals surface area contributed by atoms with E-state index in [-0.39, 0.29) is 29.5 Å². The number of methoxy groups -OCH3 is 2. The van der Waals surface area contributed by atoms with Gasteiger partial charge in [0.2, 0.25) is 5.76 Å². The molecule has 30 heavy (non-hydrogen) atoms. The lowest BCUT2D eigenvalue weighted by atomic mass is 10.1. The summed E-state index contributed by atoms with van der Waals surface area (Å²) in [6.07, 6.45) is 1.38. The van der Waals surface area contributed by atoms with Crippen molar-refractivity contribution in [2.24, 2.45) is 0 Å². The molecule has 1 N–H and O–H groups in total. The van der Waals surface area contributed by atoms with Crippen LogP contribution in [0.3, 0.4) is 0 Å². The summed E-state index contributed by atoms with van der Waals surface area (Å²) in [7, 11) is 2.62. The van der Waals surface area contributed by atoms with Crippen molar-refractivity contribution in [3.8, 4) is 11.5 Å². The first-order valence-electron chi connectivity index (χ1n) is 8.71. The molecule has 3 amide bonds. The minimum atomic E-state index is -0.671. The van der Waals surface area contributed by atoms with Crippen LogP contribution in [-0.4, -0.2) is 43.0 Å². The second kappa shape index (κ2) is 8.52. The van der Waals surface area contributed by atoms with E-state index in [0.29, 0.717) is 11.3 Å². The molecule has 10 nitrogen and oxygen atoms in total. The number of ether oxygens (including phenoxy) is 3. The average Bonchev–Trinajstić information content (AvgIpc) is 3.29. The highest BCUT2D eigenvalue weighted by Crippen LogP contribution is 2.33. The Kier molecular flexibility index (Phi) is 5.86. The molecule has 1 saturated heterocycles. The molecule has 10 heteroatoms. The fourth-order valence-electron chi connectivity index (χ4n) is 2.76. The Bertz CT molecular complexity index is 1050. The van der Waals surface area contributed by atoms with Crippen LogP contribution in [0.1, 0.15) is 28.8 Å². The number of urea groups is 1. The van der Waals surface area contributed by atoms with Crippen molar-refractivity contribution < 1.29 is 37.8 Å². The number of esters is 2. The van der Waals surface area contributed by atoms with Crippen molar-refractivity contribution in [2.75, 3.05) is 14.2 Å². The van der Waals surface area contributed by atoms with Crippen LogP contribution in [0.25, 0.3) is 6.08 Å². The van der Waals surface area contributed by atoms with Crippen LogP contribution in [0.2, 0.25) is 0 Å². The molecule has 1 aromatic carbocycles. The lowest BCUT2D eigenvalue weighted by Crippen LogP contribution is -2.30. The summed E-state index contributed by atoms with van der Waals surface area (Å²) >= 11 is 0. The highest BCUT2D eigenvalue weighted by atomic mass is 16.6. The molecular formula is C20H18N2O8. The van der Waals surface area contributed by atoms with Gasteiger partial charge in [0.05, 0.1) is 20.8 Å². The van der Waals surface area contributed by atoms with Crippen LogP contribution in [-0.2, 0) is 20.9 Å². The summed E-state index contributed by atoms with van der Waals surface area (Å²) in [5.41, 5.74) is 0.336. The van der Waals surface area contributed by atoms with Gasteiger partial charge >= 0.3 is 18.0 Å². The van der Waals surface area contributed by atoms with Gasteiger partial charge in [-0.3, -0.25) is 14.5 Å². The van der Waals surface area contributed by atoms with Gasteiger partial charge in [-0.2, -0.15) is 0 Å². The average molecular weight is 414 g/mol. The van der Waals surface area contributed by atoms with E-state index >= 15 is 0 Å². The van der Waals surface area contributed by atoms with Crippen molar-refractivity contribution in [3.63, 3.8) is 0 Å². The molecule has 2 heterocycles. The van der Waals surface area contributed by atoms with E-state index in [1.54, 1.807) is 18.2 Å². The molecule has 1 aliphatic rings.